The van der Waals surface area contributed by atoms with E-state index in [-0.39, 0.29) is 0 Å². The van der Waals surface area contributed by atoms with Gasteiger partial charge in [0.15, 0.2) is 0 Å². The molecule has 0 spiro atoms. The second-order valence-corrected chi connectivity index (χ2v) is 4.41. The summed E-state index contributed by atoms with van der Waals surface area (Å²) in [6, 6.07) is 10.0. The Morgan fingerprint density at radius 3 is 2.41 bits per heavy atom. The van der Waals surface area contributed by atoms with Gasteiger partial charge in [-0.25, -0.2) is 0 Å². The zero-order chi connectivity index (χ0) is 12.4. The molecule has 0 amide bonds. The predicted octanol–water partition coefficient (Wildman–Crippen LogP) is 2.31. The summed E-state index contributed by atoms with van der Waals surface area (Å²) >= 11 is 0. The third-order valence-electron chi connectivity index (χ3n) is 3.17. The van der Waals surface area contributed by atoms with E-state index in [1.807, 2.05) is 55.9 Å². The van der Waals surface area contributed by atoms with E-state index in [0.29, 0.717) is 6.42 Å². The van der Waals surface area contributed by atoms with Crippen LogP contribution in [0.1, 0.15) is 28.6 Å². The summed E-state index contributed by atoms with van der Waals surface area (Å²) in [4.78, 5) is 0. The van der Waals surface area contributed by atoms with E-state index in [4.69, 9.17) is 0 Å². The highest BCUT2D eigenvalue weighted by atomic mass is 16.3. The van der Waals surface area contributed by atoms with E-state index in [1.165, 1.54) is 0 Å². The summed E-state index contributed by atoms with van der Waals surface area (Å²) in [6.07, 6.45) is 0.153. The van der Waals surface area contributed by atoms with Crippen LogP contribution in [0.2, 0.25) is 0 Å². The van der Waals surface area contributed by atoms with Crippen LogP contribution in [0.3, 0.4) is 0 Å². The van der Waals surface area contributed by atoms with Crippen LogP contribution in [0.4, 0.5) is 0 Å². The number of benzene rings is 1. The third-order valence-corrected chi connectivity index (χ3v) is 3.17. The van der Waals surface area contributed by atoms with Crippen LogP contribution in [0.5, 0.6) is 0 Å². The molecule has 0 aliphatic carbocycles. The average Bonchev–Trinajstić information content (AvgIpc) is 2.54. The molecule has 0 bridgehead atoms. The Balaban J connectivity index is 2.23. The Morgan fingerprint density at radius 2 is 1.88 bits per heavy atom. The highest BCUT2D eigenvalue weighted by Gasteiger charge is 2.17. The van der Waals surface area contributed by atoms with Gasteiger partial charge in [0.1, 0.15) is 0 Å². The zero-order valence-corrected chi connectivity index (χ0v) is 10.5. The maximum Gasteiger partial charge on any atom is 0.0866 e. The topological polar surface area (TPSA) is 38.0 Å². The number of rotatable bonds is 3. The molecule has 1 unspecified atom stereocenters. The Labute approximate surface area is 102 Å². The Kier molecular flexibility index (Phi) is 3.29. The first kappa shape index (κ1) is 11.9. The molecular formula is C14H18N2O. The lowest BCUT2D eigenvalue weighted by atomic mass is 10.00. The smallest absolute Gasteiger partial charge is 0.0866 e. The molecule has 3 heteroatoms. The second kappa shape index (κ2) is 4.72. The second-order valence-electron chi connectivity index (χ2n) is 4.41. The number of aliphatic hydroxyl groups excluding tert-OH is 1. The van der Waals surface area contributed by atoms with Gasteiger partial charge in [-0.1, -0.05) is 30.3 Å². The standard InChI is InChI=1S/C14H18N2O/c1-10-14(11(2)16(3)15-10)13(17)9-12-7-5-4-6-8-12/h4-8,13,17H,9H2,1-3H3. The van der Waals surface area contributed by atoms with E-state index in [0.717, 1.165) is 22.5 Å². The molecule has 1 atom stereocenters. The van der Waals surface area contributed by atoms with Gasteiger partial charge in [-0.3, -0.25) is 4.68 Å². The van der Waals surface area contributed by atoms with Crippen molar-refractivity contribution in [2.45, 2.75) is 26.4 Å². The van der Waals surface area contributed by atoms with Gasteiger partial charge in [0.25, 0.3) is 0 Å². The Bertz CT molecular complexity index is 502. The molecule has 1 N–H and O–H groups in total. The number of nitrogens with zero attached hydrogens (tertiary/aromatic N) is 2. The van der Waals surface area contributed by atoms with Crippen molar-refractivity contribution in [2.75, 3.05) is 0 Å². The minimum Gasteiger partial charge on any atom is -0.388 e. The Morgan fingerprint density at radius 1 is 1.24 bits per heavy atom. The molecular weight excluding hydrogens is 212 g/mol. The first-order valence-corrected chi connectivity index (χ1v) is 5.81. The van der Waals surface area contributed by atoms with E-state index in [2.05, 4.69) is 5.10 Å². The van der Waals surface area contributed by atoms with Crippen molar-refractivity contribution in [1.82, 2.24) is 9.78 Å². The monoisotopic (exact) mass is 230 g/mol. The molecule has 90 valence electrons. The number of aryl methyl sites for hydroxylation is 2. The minimum absolute atomic E-state index is 0.480. The van der Waals surface area contributed by atoms with Crippen LogP contribution in [-0.2, 0) is 13.5 Å². The van der Waals surface area contributed by atoms with Gasteiger partial charge in [-0.2, -0.15) is 5.10 Å². The fourth-order valence-electron chi connectivity index (χ4n) is 2.21. The number of hydrogen-bond donors (Lipinski definition) is 1. The summed E-state index contributed by atoms with van der Waals surface area (Å²) in [5, 5.41) is 14.6. The fourth-order valence-corrected chi connectivity index (χ4v) is 2.21. The van der Waals surface area contributed by atoms with Crippen molar-refractivity contribution >= 4 is 0 Å². The van der Waals surface area contributed by atoms with Gasteiger partial charge >= 0.3 is 0 Å². The van der Waals surface area contributed by atoms with Crippen LogP contribution < -0.4 is 0 Å². The summed E-state index contributed by atoms with van der Waals surface area (Å²) in [7, 11) is 1.90. The fraction of sp³-hybridized carbons (Fsp3) is 0.357. The van der Waals surface area contributed by atoms with Gasteiger partial charge in [0.05, 0.1) is 11.8 Å². The number of aromatic nitrogens is 2. The van der Waals surface area contributed by atoms with Gasteiger partial charge in [0.2, 0.25) is 0 Å². The van der Waals surface area contributed by atoms with Crippen molar-refractivity contribution in [3.05, 3.63) is 52.8 Å². The molecule has 17 heavy (non-hydrogen) atoms. The first-order valence-electron chi connectivity index (χ1n) is 5.81. The van der Waals surface area contributed by atoms with E-state index >= 15 is 0 Å². The highest BCUT2D eigenvalue weighted by molar-refractivity contribution is 5.29. The lowest BCUT2D eigenvalue weighted by molar-refractivity contribution is 0.177. The molecule has 0 saturated carbocycles. The normalized spacial score (nSPS) is 12.7. The first-order chi connectivity index (χ1) is 8.09. The number of aliphatic hydroxyl groups is 1. The van der Waals surface area contributed by atoms with E-state index in [9.17, 15) is 5.11 Å². The molecule has 0 radical (unpaired) electrons. The molecule has 0 aliphatic rings. The lowest BCUT2D eigenvalue weighted by Gasteiger charge is -2.11. The third kappa shape index (κ3) is 2.39. The molecule has 1 heterocycles. The summed E-state index contributed by atoms with van der Waals surface area (Å²) in [5.74, 6) is 0. The van der Waals surface area contributed by atoms with Crippen LogP contribution in [0, 0.1) is 13.8 Å². The van der Waals surface area contributed by atoms with Crippen molar-refractivity contribution in [2.24, 2.45) is 7.05 Å². The number of hydrogen-bond acceptors (Lipinski definition) is 2. The highest BCUT2D eigenvalue weighted by Crippen LogP contribution is 2.24. The van der Waals surface area contributed by atoms with Crippen LogP contribution in [-0.4, -0.2) is 14.9 Å². The largest absolute Gasteiger partial charge is 0.388 e. The van der Waals surface area contributed by atoms with Crippen LogP contribution in [0.15, 0.2) is 30.3 Å². The Hall–Kier alpha value is -1.61. The van der Waals surface area contributed by atoms with Crippen molar-refractivity contribution < 1.29 is 5.11 Å². The maximum absolute atomic E-state index is 10.3. The van der Waals surface area contributed by atoms with E-state index in [1.54, 1.807) is 0 Å². The maximum atomic E-state index is 10.3. The molecule has 0 fully saturated rings. The quantitative estimate of drug-likeness (QED) is 0.878. The lowest BCUT2D eigenvalue weighted by Crippen LogP contribution is -2.04. The predicted molar refractivity (Wildman–Crippen MR) is 67.8 cm³/mol. The molecule has 0 saturated heterocycles. The molecule has 2 aromatic rings. The van der Waals surface area contributed by atoms with Crippen LogP contribution >= 0.6 is 0 Å². The van der Waals surface area contributed by atoms with E-state index < -0.39 is 6.10 Å². The van der Waals surface area contributed by atoms with Crippen LogP contribution in [0.25, 0.3) is 0 Å². The molecule has 0 aliphatic heterocycles. The minimum atomic E-state index is -0.480. The molecule has 3 nitrogen and oxygen atoms in total. The van der Waals surface area contributed by atoms with Crippen molar-refractivity contribution in [3.63, 3.8) is 0 Å². The SMILES string of the molecule is Cc1nn(C)c(C)c1C(O)Cc1ccccc1. The molecule has 2 rings (SSSR count). The summed E-state index contributed by atoms with van der Waals surface area (Å²) in [5.41, 5.74) is 4.04. The zero-order valence-electron chi connectivity index (χ0n) is 10.5. The van der Waals surface area contributed by atoms with Crippen molar-refractivity contribution in [1.29, 1.82) is 0 Å². The van der Waals surface area contributed by atoms with Gasteiger partial charge < -0.3 is 5.11 Å². The van der Waals surface area contributed by atoms with Gasteiger partial charge in [-0.15, -0.1) is 0 Å². The molecule has 1 aromatic carbocycles. The average molecular weight is 230 g/mol. The van der Waals surface area contributed by atoms with Crippen molar-refractivity contribution in [3.8, 4) is 0 Å². The van der Waals surface area contributed by atoms with Gasteiger partial charge in [-0.05, 0) is 19.4 Å². The van der Waals surface area contributed by atoms with Gasteiger partial charge in [0, 0.05) is 24.7 Å². The molecule has 1 aromatic heterocycles. The summed E-state index contributed by atoms with van der Waals surface area (Å²) < 4.78 is 1.82. The summed E-state index contributed by atoms with van der Waals surface area (Å²) in [6.45, 7) is 3.93.